The number of hydrogen-bond acceptors (Lipinski definition) is 3. The zero-order valence-corrected chi connectivity index (χ0v) is 7.10. The first kappa shape index (κ1) is 8.75. The Labute approximate surface area is 73.9 Å². The van der Waals surface area contributed by atoms with E-state index in [2.05, 4.69) is 0 Å². The van der Waals surface area contributed by atoms with Gasteiger partial charge in [-0.25, -0.2) is 0 Å². The number of rotatable bonds is 3. The van der Waals surface area contributed by atoms with Crippen LogP contribution in [0, 0.1) is 11.3 Å². The molecule has 1 N–H and O–H groups in total. The average Bonchev–Trinajstić information content (AvgIpc) is 2.36. The largest absolute Gasteiger partial charge is 0.481 e. The maximum atomic E-state index is 10.3. The van der Waals surface area contributed by atoms with E-state index in [1.165, 1.54) is 11.3 Å². The Morgan fingerprint density at radius 2 is 2.50 bits per heavy atom. The molecule has 0 amide bonds. The number of carboxylic acids is 1. The number of aliphatic carboxylic acids is 1. The van der Waals surface area contributed by atoms with Crippen LogP contribution in [0.3, 0.4) is 0 Å². The molecule has 0 atom stereocenters. The van der Waals surface area contributed by atoms with Gasteiger partial charge in [0.25, 0.3) is 0 Å². The smallest absolute Gasteiger partial charge is 0.307 e. The highest BCUT2D eigenvalue weighted by Gasteiger charge is 2.03. The first-order valence-corrected chi connectivity index (χ1v) is 4.25. The molecule has 0 radical (unpaired) electrons. The first-order valence-electron chi connectivity index (χ1n) is 3.37. The lowest BCUT2D eigenvalue weighted by atomic mass is 10.2. The van der Waals surface area contributed by atoms with Gasteiger partial charge >= 0.3 is 5.97 Å². The van der Waals surface area contributed by atoms with Crippen LogP contribution in [0.15, 0.2) is 11.4 Å². The Kier molecular flexibility index (Phi) is 2.83. The lowest BCUT2D eigenvalue weighted by Gasteiger charge is -1.86. The zero-order valence-electron chi connectivity index (χ0n) is 6.28. The summed E-state index contributed by atoms with van der Waals surface area (Å²) in [6, 6.07) is 3.78. The minimum absolute atomic E-state index is 0.0436. The van der Waals surface area contributed by atoms with Gasteiger partial charge in [0, 0.05) is 4.88 Å². The molecule has 12 heavy (non-hydrogen) atoms. The van der Waals surface area contributed by atoms with Crippen LogP contribution in [0.1, 0.15) is 10.4 Å². The van der Waals surface area contributed by atoms with Crippen molar-refractivity contribution in [2.75, 3.05) is 0 Å². The standard InChI is InChI=1S/C8H7NO2S/c9-2-1-7-3-6(5-12-7)4-8(10)11/h3,5H,1,4H2,(H,10,11). The van der Waals surface area contributed by atoms with Crippen LogP contribution in [0.5, 0.6) is 0 Å². The lowest BCUT2D eigenvalue weighted by Crippen LogP contribution is -1.97. The maximum absolute atomic E-state index is 10.3. The van der Waals surface area contributed by atoms with Gasteiger partial charge in [-0.05, 0) is 17.0 Å². The van der Waals surface area contributed by atoms with E-state index in [4.69, 9.17) is 10.4 Å². The molecular weight excluding hydrogens is 174 g/mol. The minimum Gasteiger partial charge on any atom is -0.481 e. The fourth-order valence-electron chi connectivity index (χ4n) is 0.864. The Morgan fingerprint density at radius 3 is 3.08 bits per heavy atom. The molecule has 3 nitrogen and oxygen atoms in total. The van der Waals surface area contributed by atoms with Crippen molar-refractivity contribution in [3.05, 3.63) is 21.9 Å². The summed E-state index contributed by atoms with van der Waals surface area (Å²) in [5, 5.41) is 18.6. The molecule has 0 spiro atoms. The zero-order chi connectivity index (χ0) is 8.97. The van der Waals surface area contributed by atoms with Gasteiger partial charge < -0.3 is 5.11 Å². The van der Waals surface area contributed by atoms with E-state index in [0.29, 0.717) is 6.42 Å². The molecule has 0 unspecified atom stereocenters. The Hall–Kier alpha value is -1.34. The summed E-state index contributed by atoms with van der Waals surface area (Å²) >= 11 is 1.43. The summed E-state index contributed by atoms with van der Waals surface area (Å²) in [6.07, 6.45) is 0.409. The lowest BCUT2D eigenvalue weighted by molar-refractivity contribution is -0.136. The molecular formula is C8H7NO2S. The van der Waals surface area contributed by atoms with Gasteiger partial charge in [-0.3, -0.25) is 4.79 Å². The normalized spacial score (nSPS) is 9.25. The molecule has 1 rings (SSSR count). The first-order chi connectivity index (χ1) is 5.72. The van der Waals surface area contributed by atoms with E-state index < -0.39 is 5.97 Å². The molecule has 0 aliphatic carbocycles. The van der Waals surface area contributed by atoms with Crippen LogP contribution in [-0.2, 0) is 17.6 Å². The van der Waals surface area contributed by atoms with Gasteiger partial charge in [-0.15, -0.1) is 11.3 Å². The number of nitriles is 1. The van der Waals surface area contributed by atoms with Gasteiger partial charge in [0.15, 0.2) is 0 Å². The molecule has 62 valence electrons. The highest BCUT2D eigenvalue weighted by Crippen LogP contribution is 2.15. The van der Waals surface area contributed by atoms with Gasteiger partial charge in [-0.2, -0.15) is 5.26 Å². The quantitative estimate of drug-likeness (QED) is 0.767. The second-order valence-corrected chi connectivity index (χ2v) is 3.32. The molecule has 0 aromatic carbocycles. The van der Waals surface area contributed by atoms with Crippen molar-refractivity contribution in [1.82, 2.24) is 0 Å². The van der Waals surface area contributed by atoms with E-state index in [1.54, 1.807) is 11.4 Å². The van der Waals surface area contributed by atoms with Gasteiger partial charge in [0.2, 0.25) is 0 Å². The summed E-state index contributed by atoms with van der Waals surface area (Å²) in [7, 11) is 0. The van der Waals surface area contributed by atoms with Crippen molar-refractivity contribution in [3.8, 4) is 6.07 Å². The van der Waals surface area contributed by atoms with Crippen molar-refractivity contribution in [3.63, 3.8) is 0 Å². The summed E-state index contributed by atoms with van der Waals surface area (Å²) in [5.41, 5.74) is 0.776. The van der Waals surface area contributed by atoms with Crippen molar-refractivity contribution in [1.29, 1.82) is 5.26 Å². The maximum Gasteiger partial charge on any atom is 0.307 e. The Bertz CT molecular complexity index is 324. The highest BCUT2D eigenvalue weighted by molar-refractivity contribution is 7.10. The average molecular weight is 181 g/mol. The fourth-order valence-corrected chi connectivity index (χ4v) is 1.69. The minimum atomic E-state index is -0.837. The summed E-state index contributed by atoms with van der Waals surface area (Å²) in [5.74, 6) is -0.837. The van der Waals surface area contributed by atoms with Crippen molar-refractivity contribution in [2.24, 2.45) is 0 Å². The van der Waals surface area contributed by atoms with E-state index in [0.717, 1.165) is 10.4 Å². The number of hydrogen-bond donors (Lipinski definition) is 1. The van der Waals surface area contributed by atoms with E-state index in [9.17, 15) is 4.79 Å². The van der Waals surface area contributed by atoms with Gasteiger partial charge in [-0.1, -0.05) is 0 Å². The molecule has 0 saturated carbocycles. The Balaban J connectivity index is 2.65. The topological polar surface area (TPSA) is 61.1 Å². The molecule has 1 aromatic heterocycles. The van der Waals surface area contributed by atoms with Gasteiger partial charge in [0.1, 0.15) is 0 Å². The monoisotopic (exact) mass is 181 g/mol. The summed E-state index contributed by atoms with van der Waals surface area (Å²) < 4.78 is 0. The van der Waals surface area contributed by atoms with Crippen LogP contribution in [-0.4, -0.2) is 11.1 Å². The highest BCUT2D eigenvalue weighted by atomic mass is 32.1. The molecule has 0 bridgehead atoms. The predicted molar refractivity (Wildman–Crippen MR) is 45.0 cm³/mol. The van der Waals surface area contributed by atoms with Crippen LogP contribution < -0.4 is 0 Å². The molecule has 1 heterocycles. The van der Waals surface area contributed by atoms with E-state index >= 15 is 0 Å². The molecule has 0 aliphatic heterocycles. The summed E-state index contributed by atoms with van der Waals surface area (Å²) in [6.45, 7) is 0. The summed E-state index contributed by atoms with van der Waals surface area (Å²) in [4.78, 5) is 11.2. The third kappa shape index (κ3) is 2.36. The molecule has 0 saturated heterocycles. The predicted octanol–water partition coefficient (Wildman–Crippen LogP) is 1.44. The van der Waals surface area contributed by atoms with Crippen LogP contribution in [0.2, 0.25) is 0 Å². The van der Waals surface area contributed by atoms with Gasteiger partial charge in [0.05, 0.1) is 18.9 Å². The SMILES string of the molecule is N#CCc1cc(CC(=O)O)cs1. The third-order valence-corrected chi connectivity index (χ3v) is 2.30. The number of nitrogens with zero attached hydrogens (tertiary/aromatic N) is 1. The van der Waals surface area contributed by atoms with Crippen molar-refractivity contribution < 1.29 is 9.90 Å². The van der Waals surface area contributed by atoms with E-state index in [1.807, 2.05) is 6.07 Å². The molecule has 4 heteroatoms. The number of thiophene rings is 1. The molecule has 0 fully saturated rings. The second kappa shape index (κ2) is 3.88. The van der Waals surface area contributed by atoms with Crippen LogP contribution in [0.4, 0.5) is 0 Å². The van der Waals surface area contributed by atoms with Crippen LogP contribution in [0.25, 0.3) is 0 Å². The van der Waals surface area contributed by atoms with E-state index in [-0.39, 0.29) is 6.42 Å². The fraction of sp³-hybridized carbons (Fsp3) is 0.250. The molecule has 0 aliphatic rings. The third-order valence-electron chi connectivity index (χ3n) is 1.32. The van der Waals surface area contributed by atoms with Crippen molar-refractivity contribution >= 4 is 17.3 Å². The molecule has 1 aromatic rings. The number of carboxylic acid groups (broad SMARTS) is 1. The van der Waals surface area contributed by atoms with Crippen molar-refractivity contribution in [2.45, 2.75) is 12.8 Å². The second-order valence-electron chi connectivity index (χ2n) is 2.33. The number of carbonyl (C=O) groups is 1. The Morgan fingerprint density at radius 1 is 1.75 bits per heavy atom. The van der Waals surface area contributed by atoms with Crippen LogP contribution >= 0.6 is 11.3 Å².